The second-order valence-electron chi connectivity index (χ2n) is 18.0. The Morgan fingerprint density at radius 1 is 0.780 bits per heavy atom. The number of carbonyl (C=O) groups excluding carboxylic acids is 5. The number of aliphatic hydroxyl groups is 1. The number of alkyl carbamates (subject to hydrolysis) is 1. The van der Waals surface area contributed by atoms with Gasteiger partial charge < -0.3 is 41.2 Å². The Morgan fingerprint density at radius 2 is 1.42 bits per heavy atom. The average molecular weight is 808 g/mol. The molecule has 4 saturated carbocycles. The molecular weight excluding hydrogens is 751 g/mol. The Hall–Kier alpha value is -5.43. The van der Waals surface area contributed by atoms with Crippen LogP contribution in [-0.2, 0) is 42.5 Å². The summed E-state index contributed by atoms with van der Waals surface area (Å²) in [7, 11) is 0. The van der Waals surface area contributed by atoms with Crippen LogP contribution in [0.25, 0.3) is 0 Å². The summed E-state index contributed by atoms with van der Waals surface area (Å²) in [6, 6.07) is 20.0. The number of anilines is 1. The van der Waals surface area contributed by atoms with Crippen molar-refractivity contribution in [2.45, 2.75) is 109 Å². The van der Waals surface area contributed by atoms with Crippen LogP contribution in [-0.4, -0.2) is 65.1 Å². The molecule has 13 nitrogen and oxygen atoms in total. The smallest absolute Gasteiger partial charge is 0.408 e. The van der Waals surface area contributed by atoms with E-state index in [1.807, 2.05) is 30.3 Å². The first kappa shape index (κ1) is 41.7. The third-order valence-corrected chi connectivity index (χ3v) is 12.4. The highest BCUT2D eigenvalue weighted by Crippen LogP contribution is 2.56. The van der Waals surface area contributed by atoms with E-state index < -0.39 is 65.5 Å². The summed E-state index contributed by atoms with van der Waals surface area (Å²) in [6.07, 6.45) is 4.86. The van der Waals surface area contributed by atoms with Crippen LogP contribution in [0.1, 0.15) is 82.9 Å². The van der Waals surface area contributed by atoms with Crippen LogP contribution in [0.3, 0.4) is 0 Å². The molecule has 13 heteroatoms. The molecule has 6 N–H and O–H groups in total. The van der Waals surface area contributed by atoms with Crippen LogP contribution in [0.4, 0.5) is 10.5 Å². The van der Waals surface area contributed by atoms with Gasteiger partial charge in [0.05, 0.1) is 0 Å². The van der Waals surface area contributed by atoms with E-state index in [0.717, 1.165) is 17.4 Å². The van der Waals surface area contributed by atoms with Crippen LogP contribution in [0.5, 0.6) is 5.75 Å². The maximum Gasteiger partial charge on any atom is 0.408 e. The van der Waals surface area contributed by atoms with Gasteiger partial charge in [0.1, 0.15) is 36.1 Å². The van der Waals surface area contributed by atoms with Gasteiger partial charge in [0.15, 0.2) is 5.60 Å². The summed E-state index contributed by atoms with van der Waals surface area (Å²) in [5, 5.41) is 25.7. The topological polar surface area (TPSA) is 184 Å². The molecule has 4 bridgehead atoms. The lowest BCUT2D eigenvalue weighted by Crippen LogP contribution is -2.58. The molecule has 3 aromatic carbocycles. The molecule has 5 aliphatic rings. The molecule has 0 saturated heterocycles. The number of rotatable bonds is 15. The van der Waals surface area contributed by atoms with E-state index in [9.17, 15) is 29.1 Å². The number of fused-ring (bicyclic) bond motifs is 1. The van der Waals surface area contributed by atoms with E-state index in [0.29, 0.717) is 53.5 Å². The fraction of sp³-hybridized carbons (Fsp3) is 0.500. The lowest BCUT2D eigenvalue weighted by atomic mass is 9.52. The number of ether oxygens (including phenoxy) is 2. The molecule has 0 radical (unpaired) electrons. The molecule has 5 amide bonds. The monoisotopic (exact) mass is 807 g/mol. The Morgan fingerprint density at radius 3 is 2.08 bits per heavy atom. The van der Waals surface area contributed by atoms with Gasteiger partial charge in [-0.25, -0.2) is 4.79 Å². The summed E-state index contributed by atoms with van der Waals surface area (Å²) in [5.74, 6) is 1.04. The van der Waals surface area contributed by atoms with Gasteiger partial charge in [-0.05, 0) is 119 Å². The van der Waals surface area contributed by atoms with Crippen molar-refractivity contribution < 1.29 is 38.6 Å². The fourth-order valence-electron chi connectivity index (χ4n) is 9.75. The van der Waals surface area contributed by atoms with Gasteiger partial charge >= 0.3 is 6.09 Å². The largest absolute Gasteiger partial charge is 0.489 e. The van der Waals surface area contributed by atoms with Crippen molar-refractivity contribution in [1.82, 2.24) is 21.3 Å². The zero-order valence-electron chi connectivity index (χ0n) is 34.3. The Labute approximate surface area is 345 Å². The zero-order chi connectivity index (χ0) is 41.9. The maximum absolute atomic E-state index is 14.1. The molecule has 0 spiro atoms. The molecule has 8 rings (SSSR count). The molecule has 4 aliphatic carbocycles. The SMILES string of the molecule is C[C@H](NC(=O)[C@H](Cc1ccc(OCc2ccccc2)cc1)NC(=O)OC(C)(C)C)C(=O)N[C@@H](C[C@]1(O)C(=O)Nc2ccccc21)C(=O)NCC1C2CC3CC(C2)CC1C3. The highest BCUT2D eigenvalue weighted by Gasteiger charge is 2.50. The number of hydrogen-bond donors (Lipinski definition) is 6. The fourth-order valence-corrected chi connectivity index (χ4v) is 9.75. The lowest BCUT2D eigenvalue weighted by Gasteiger charge is -2.54. The molecule has 4 atom stereocenters. The van der Waals surface area contributed by atoms with Crippen LogP contribution >= 0.6 is 0 Å². The number of carbonyl (C=O) groups is 5. The van der Waals surface area contributed by atoms with Crippen LogP contribution in [0.2, 0.25) is 0 Å². The normalized spacial score (nSPS) is 25.4. The first-order chi connectivity index (χ1) is 28.1. The second-order valence-corrected chi connectivity index (χ2v) is 18.0. The van der Waals surface area contributed by atoms with E-state index in [-0.39, 0.29) is 6.42 Å². The first-order valence-electron chi connectivity index (χ1n) is 20.9. The van der Waals surface area contributed by atoms with E-state index in [1.165, 1.54) is 39.0 Å². The third kappa shape index (κ3) is 10.1. The number of para-hydroxylation sites is 1. The van der Waals surface area contributed by atoms with Crippen molar-refractivity contribution in [2.24, 2.45) is 29.6 Å². The average Bonchev–Trinajstić information content (AvgIpc) is 3.44. The summed E-state index contributed by atoms with van der Waals surface area (Å²) in [5.41, 5.74) is -0.454. The van der Waals surface area contributed by atoms with Crippen molar-refractivity contribution >= 4 is 35.4 Å². The Balaban J connectivity index is 1.03. The summed E-state index contributed by atoms with van der Waals surface area (Å²) >= 11 is 0. The number of benzene rings is 3. The van der Waals surface area contributed by atoms with Gasteiger partial charge in [-0.2, -0.15) is 0 Å². The Kier molecular flexibility index (Phi) is 12.3. The minimum absolute atomic E-state index is 0.0651. The standard InChI is InChI=1S/C46H57N5O8/c1-27(48-42(54)38(51-44(56)59-45(2,3)4)23-28-14-16-34(17-15-28)58-26-29-10-6-5-7-11-29)40(52)49-39(24-46(57)36-12-8-9-13-37(36)50-43(46)55)41(53)47-25-35-32-19-30-18-31(21-32)22-33(35)20-30/h5-17,27,30-33,35,38-39,57H,18-26H2,1-4H3,(H,47,53)(H,48,54)(H,49,52)(H,50,55)(H,51,56)/t27-,30?,31?,32?,33?,35?,38-,39-,46+/m0/s1. The second kappa shape index (κ2) is 17.4. The molecule has 0 unspecified atom stereocenters. The highest BCUT2D eigenvalue weighted by molar-refractivity contribution is 6.05. The number of nitrogens with one attached hydrogen (secondary N) is 5. The molecule has 314 valence electrons. The van der Waals surface area contributed by atoms with Crippen molar-refractivity contribution in [3.63, 3.8) is 0 Å². The van der Waals surface area contributed by atoms with E-state index in [4.69, 9.17) is 9.47 Å². The minimum Gasteiger partial charge on any atom is -0.489 e. The predicted molar refractivity (Wildman–Crippen MR) is 221 cm³/mol. The number of hydrogen-bond acceptors (Lipinski definition) is 8. The quantitative estimate of drug-likeness (QED) is 0.122. The molecule has 0 aromatic heterocycles. The first-order valence-corrected chi connectivity index (χ1v) is 20.9. The predicted octanol–water partition coefficient (Wildman–Crippen LogP) is 5.11. The van der Waals surface area contributed by atoms with Crippen LogP contribution in [0, 0.1) is 29.6 Å². The van der Waals surface area contributed by atoms with Gasteiger partial charge in [0.25, 0.3) is 5.91 Å². The molecule has 4 fully saturated rings. The van der Waals surface area contributed by atoms with Gasteiger partial charge in [0, 0.05) is 30.6 Å². The molecule has 1 aliphatic heterocycles. The van der Waals surface area contributed by atoms with E-state index in [2.05, 4.69) is 26.6 Å². The molecular formula is C46H57N5O8. The van der Waals surface area contributed by atoms with Crippen LogP contribution in [0.15, 0.2) is 78.9 Å². The van der Waals surface area contributed by atoms with Crippen molar-refractivity contribution in [2.75, 3.05) is 11.9 Å². The lowest BCUT2D eigenvalue weighted by molar-refractivity contribution is -0.139. The molecule has 1 heterocycles. The van der Waals surface area contributed by atoms with Gasteiger partial charge in [-0.1, -0.05) is 60.7 Å². The van der Waals surface area contributed by atoms with Gasteiger partial charge in [0.2, 0.25) is 17.7 Å². The van der Waals surface area contributed by atoms with E-state index >= 15 is 0 Å². The summed E-state index contributed by atoms with van der Waals surface area (Å²) in [6.45, 7) is 7.43. The number of amides is 5. The van der Waals surface area contributed by atoms with Crippen molar-refractivity contribution in [3.8, 4) is 5.75 Å². The van der Waals surface area contributed by atoms with Crippen molar-refractivity contribution in [1.29, 1.82) is 0 Å². The van der Waals surface area contributed by atoms with Crippen LogP contribution < -0.4 is 31.3 Å². The molecule has 59 heavy (non-hydrogen) atoms. The highest BCUT2D eigenvalue weighted by atomic mass is 16.6. The minimum atomic E-state index is -2.09. The zero-order valence-corrected chi connectivity index (χ0v) is 34.3. The Bertz CT molecular complexity index is 1990. The van der Waals surface area contributed by atoms with E-state index in [1.54, 1.807) is 69.3 Å². The maximum atomic E-state index is 14.1. The summed E-state index contributed by atoms with van der Waals surface area (Å²) in [4.78, 5) is 68.0. The molecule has 3 aromatic rings. The summed E-state index contributed by atoms with van der Waals surface area (Å²) < 4.78 is 11.4. The van der Waals surface area contributed by atoms with Gasteiger partial charge in [-0.3, -0.25) is 19.2 Å². The van der Waals surface area contributed by atoms with Crippen molar-refractivity contribution in [3.05, 3.63) is 95.6 Å². The van der Waals surface area contributed by atoms with Gasteiger partial charge in [-0.15, -0.1) is 0 Å². The third-order valence-electron chi connectivity index (χ3n) is 12.4.